The first-order valence-electron chi connectivity index (χ1n) is 12.4. The van der Waals surface area contributed by atoms with Gasteiger partial charge < -0.3 is 14.6 Å². The first-order valence-corrected chi connectivity index (χ1v) is 18.5. The SMILES string of the molecule is CC(C)(O[Si-](C)(C)C(C)(C)CCCc1ccc(O)cc1)[Si](C)(C)CCCc1ccc(O)cc1. The van der Waals surface area contributed by atoms with Gasteiger partial charge in [0.25, 0.3) is 0 Å². The molecule has 0 spiro atoms. The number of rotatable bonds is 12. The van der Waals surface area contributed by atoms with Crippen LogP contribution in [0.4, 0.5) is 0 Å². The number of phenolic OH excluding ortho intramolecular Hbond substituents is 2. The summed E-state index contributed by atoms with van der Waals surface area (Å²) in [5, 5.41) is 19.1. The zero-order valence-electron chi connectivity index (χ0n) is 22.2. The highest BCUT2D eigenvalue weighted by atomic mass is 28.4. The van der Waals surface area contributed by atoms with Crippen molar-refractivity contribution in [1.82, 2.24) is 0 Å². The zero-order valence-corrected chi connectivity index (χ0v) is 24.2. The highest BCUT2D eigenvalue weighted by Gasteiger charge is 2.42. The van der Waals surface area contributed by atoms with Gasteiger partial charge in [-0.1, -0.05) is 76.5 Å². The molecule has 0 fully saturated rings. The molecule has 0 aliphatic carbocycles. The summed E-state index contributed by atoms with van der Waals surface area (Å²) in [4.78, 5) is 0. The Labute approximate surface area is 204 Å². The second-order valence-corrected chi connectivity index (χ2v) is 22.0. The van der Waals surface area contributed by atoms with Gasteiger partial charge in [0.2, 0.25) is 0 Å². The average Bonchev–Trinajstić information content (AvgIpc) is 2.70. The van der Waals surface area contributed by atoms with Crippen LogP contribution in [0.25, 0.3) is 0 Å². The second kappa shape index (κ2) is 10.8. The van der Waals surface area contributed by atoms with Gasteiger partial charge in [-0.3, -0.25) is 0 Å². The molecule has 2 aromatic rings. The van der Waals surface area contributed by atoms with Crippen LogP contribution in [0.3, 0.4) is 0 Å². The number of hydrogen-bond acceptors (Lipinski definition) is 3. The molecule has 2 aromatic carbocycles. The highest BCUT2D eigenvalue weighted by Crippen LogP contribution is 2.46. The third-order valence-electron chi connectivity index (χ3n) is 8.18. The van der Waals surface area contributed by atoms with Crippen LogP contribution in [0, 0.1) is 0 Å². The normalized spacial score (nSPS) is 13.3. The molecule has 0 saturated carbocycles. The van der Waals surface area contributed by atoms with Gasteiger partial charge in [0.15, 0.2) is 0 Å². The smallest absolute Gasteiger partial charge is 0.115 e. The molecule has 5 heteroatoms. The van der Waals surface area contributed by atoms with E-state index in [9.17, 15) is 10.2 Å². The molecule has 0 aliphatic heterocycles. The van der Waals surface area contributed by atoms with Crippen molar-refractivity contribution in [2.45, 2.75) is 102 Å². The van der Waals surface area contributed by atoms with Gasteiger partial charge in [-0.25, -0.2) is 0 Å². The summed E-state index contributed by atoms with van der Waals surface area (Å²) in [6.07, 6.45) is 5.53. The predicted molar refractivity (Wildman–Crippen MR) is 146 cm³/mol. The molecule has 0 radical (unpaired) electrons. The van der Waals surface area contributed by atoms with Crippen LogP contribution in [0.5, 0.6) is 11.5 Å². The minimum Gasteiger partial charge on any atom is -0.563 e. The standard InChI is InChI=1S/C28H46O3Si2/c1-27(2,21-9-11-23-13-17-25(29)18-14-23)33(7,8)31-28(3,4)32(5,6)22-10-12-24-15-19-26(30)20-16-24/h13-20,29-30H,9-12,21-22H2,1-8H3/q-1. The Bertz CT molecular complexity index is 796. The van der Waals surface area contributed by atoms with Crippen LogP contribution >= 0.6 is 0 Å². The Hall–Kier alpha value is -1.57. The van der Waals surface area contributed by atoms with Crippen molar-refractivity contribution in [1.29, 1.82) is 0 Å². The van der Waals surface area contributed by atoms with Crippen molar-refractivity contribution in [3.63, 3.8) is 0 Å². The van der Waals surface area contributed by atoms with E-state index in [0.29, 0.717) is 11.5 Å². The van der Waals surface area contributed by atoms with Crippen LogP contribution in [-0.4, -0.2) is 31.8 Å². The van der Waals surface area contributed by atoms with Crippen LogP contribution < -0.4 is 0 Å². The Balaban J connectivity index is 1.93. The van der Waals surface area contributed by atoms with E-state index in [-0.39, 0.29) is 10.3 Å². The van der Waals surface area contributed by atoms with E-state index in [4.69, 9.17) is 4.43 Å². The van der Waals surface area contributed by atoms with Crippen LogP contribution in [0.15, 0.2) is 48.5 Å². The molecule has 3 nitrogen and oxygen atoms in total. The van der Waals surface area contributed by atoms with Crippen molar-refractivity contribution in [2.24, 2.45) is 0 Å². The van der Waals surface area contributed by atoms with Gasteiger partial charge >= 0.3 is 0 Å². The lowest BCUT2D eigenvalue weighted by atomic mass is 10.0. The molecule has 185 valence electrons. The van der Waals surface area contributed by atoms with Crippen LogP contribution in [-0.2, 0) is 17.3 Å². The Morgan fingerprint density at radius 3 is 1.64 bits per heavy atom. The molecule has 2 rings (SSSR count). The number of aromatic hydroxyl groups is 2. The molecule has 0 atom stereocenters. The summed E-state index contributed by atoms with van der Waals surface area (Å²) < 4.78 is 7.13. The van der Waals surface area contributed by atoms with Gasteiger partial charge in [-0.05, 0) is 70.4 Å². The van der Waals surface area contributed by atoms with Gasteiger partial charge in [0, 0.05) is 5.22 Å². The van der Waals surface area contributed by atoms with E-state index in [1.807, 2.05) is 24.3 Å². The van der Waals surface area contributed by atoms with Gasteiger partial charge in [-0.2, -0.15) is 0 Å². The van der Waals surface area contributed by atoms with E-state index in [2.05, 4.69) is 53.9 Å². The first-order chi connectivity index (χ1) is 15.2. The van der Waals surface area contributed by atoms with Crippen molar-refractivity contribution >= 4 is 16.4 Å². The van der Waals surface area contributed by atoms with E-state index in [1.165, 1.54) is 17.2 Å². The van der Waals surface area contributed by atoms with E-state index < -0.39 is 16.4 Å². The molecular weight excluding hydrogens is 440 g/mol. The van der Waals surface area contributed by atoms with E-state index >= 15 is 0 Å². The molecule has 0 unspecified atom stereocenters. The third-order valence-corrected chi connectivity index (χ3v) is 17.9. The van der Waals surface area contributed by atoms with Crippen molar-refractivity contribution in [3.8, 4) is 11.5 Å². The van der Waals surface area contributed by atoms with Gasteiger partial charge in [-0.15, -0.1) is 18.1 Å². The molecule has 0 amide bonds. The monoisotopic (exact) mass is 486 g/mol. The largest absolute Gasteiger partial charge is 0.563 e. The molecule has 0 aromatic heterocycles. The fraction of sp³-hybridized carbons (Fsp3) is 0.571. The lowest BCUT2D eigenvalue weighted by Gasteiger charge is -2.59. The van der Waals surface area contributed by atoms with Gasteiger partial charge in [0.05, 0.1) is 8.07 Å². The summed E-state index contributed by atoms with van der Waals surface area (Å²) in [7, 11) is -3.60. The Kier molecular flexibility index (Phi) is 9.05. The summed E-state index contributed by atoms with van der Waals surface area (Å²) in [6.45, 7) is 19.2. The topological polar surface area (TPSA) is 49.7 Å². The Morgan fingerprint density at radius 2 is 1.18 bits per heavy atom. The predicted octanol–water partition coefficient (Wildman–Crippen LogP) is 8.08. The van der Waals surface area contributed by atoms with Crippen LogP contribution in [0.2, 0.25) is 37.3 Å². The minimum absolute atomic E-state index is 0.0775. The maximum Gasteiger partial charge on any atom is 0.115 e. The molecule has 0 bridgehead atoms. The zero-order chi connectivity index (χ0) is 24.9. The molecule has 0 aliphatic rings. The fourth-order valence-electron chi connectivity index (χ4n) is 4.31. The molecule has 33 heavy (non-hydrogen) atoms. The summed E-state index contributed by atoms with van der Waals surface area (Å²) in [6, 6.07) is 16.5. The fourth-order valence-corrected chi connectivity index (χ4v) is 10.2. The molecule has 2 N–H and O–H groups in total. The number of benzene rings is 2. The minimum atomic E-state index is -1.97. The molecular formula is C28H46O3Si2-. The lowest BCUT2D eigenvalue weighted by molar-refractivity contribution is 0.159. The second-order valence-electron chi connectivity index (χ2n) is 11.9. The average molecular weight is 487 g/mol. The van der Waals surface area contributed by atoms with E-state index in [0.717, 1.165) is 32.1 Å². The number of phenols is 2. The highest BCUT2D eigenvalue weighted by molar-refractivity contribution is 6.82. The third kappa shape index (κ3) is 7.73. The summed E-state index contributed by atoms with van der Waals surface area (Å²) >= 11 is 0. The van der Waals surface area contributed by atoms with Crippen molar-refractivity contribution < 1.29 is 14.6 Å². The van der Waals surface area contributed by atoms with Gasteiger partial charge in [0.1, 0.15) is 11.5 Å². The quantitative estimate of drug-likeness (QED) is 0.298. The summed E-state index contributed by atoms with van der Waals surface area (Å²) in [5.74, 6) is 0.666. The molecule has 0 saturated heterocycles. The van der Waals surface area contributed by atoms with Crippen molar-refractivity contribution in [3.05, 3.63) is 59.7 Å². The Morgan fingerprint density at radius 1 is 0.758 bits per heavy atom. The summed E-state index contributed by atoms with van der Waals surface area (Å²) in [5.41, 5.74) is 2.58. The first kappa shape index (κ1) is 27.7. The maximum absolute atomic E-state index is 9.50. The maximum atomic E-state index is 9.50. The van der Waals surface area contributed by atoms with Crippen LogP contribution in [0.1, 0.15) is 58.1 Å². The molecule has 0 heterocycles. The number of aryl methyl sites for hydroxylation is 2. The number of hydrogen-bond donors (Lipinski definition) is 2. The van der Waals surface area contributed by atoms with E-state index in [1.54, 1.807) is 24.3 Å². The lowest BCUT2D eigenvalue weighted by Crippen LogP contribution is -2.59. The van der Waals surface area contributed by atoms with Crippen molar-refractivity contribution in [2.75, 3.05) is 0 Å².